The van der Waals surface area contributed by atoms with E-state index in [4.69, 9.17) is 5.73 Å². The molecule has 0 aliphatic heterocycles. The van der Waals surface area contributed by atoms with Gasteiger partial charge in [-0.15, -0.1) is 11.8 Å². The first-order valence-electron chi connectivity index (χ1n) is 10.2. The number of hydrogen-bond donors (Lipinski definition) is 3. The van der Waals surface area contributed by atoms with Crippen molar-refractivity contribution in [2.75, 3.05) is 16.4 Å². The zero-order valence-corrected chi connectivity index (χ0v) is 19.1. The van der Waals surface area contributed by atoms with E-state index in [2.05, 4.69) is 32.5 Å². The smallest absolute Gasteiger partial charge is 0.237 e. The number of aryl methyl sites for hydroxylation is 1. The number of hydrogen-bond acceptors (Lipinski definition) is 8. The van der Waals surface area contributed by atoms with Crippen LogP contribution in [0, 0.1) is 0 Å². The lowest BCUT2D eigenvalue weighted by molar-refractivity contribution is -0.115. The van der Waals surface area contributed by atoms with Crippen LogP contribution in [-0.2, 0) is 17.0 Å². The first kappa shape index (κ1) is 23.2. The van der Waals surface area contributed by atoms with Gasteiger partial charge in [0.2, 0.25) is 17.8 Å². The zero-order valence-electron chi connectivity index (χ0n) is 18.3. The van der Waals surface area contributed by atoms with Gasteiger partial charge in [-0.1, -0.05) is 25.1 Å². The number of Topliss-reactive ketones (excluding diaryl/α,β-unsaturated/α-hetero) is 1. The summed E-state index contributed by atoms with van der Waals surface area (Å²) in [6, 6.07) is 14.7. The Morgan fingerprint density at radius 3 is 2.47 bits per heavy atom. The quantitative estimate of drug-likeness (QED) is 0.414. The molecule has 2 aromatic carbocycles. The van der Waals surface area contributed by atoms with Crippen molar-refractivity contribution >= 4 is 46.7 Å². The van der Waals surface area contributed by atoms with Gasteiger partial charge in [-0.05, 0) is 56.2 Å². The van der Waals surface area contributed by atoms with Crippen LogP contribution in [0.3, 0.4) is 0 Å². The number of benzene rings is 2. The van der Waals surface area contributed by atoms with Crippen molar-refractivity contribution in [1.82, 2.24) is 15.0 Å². The van der Waals surface area contributed by atoms with E-state index in [0.717, 1.165) is 17.7 Å². The topological polar surface area (TPSA) is 123 Å². The Kier molecular flexibility index (Phi) is 7.77. The second kappa shape index (κ2) is 10.7. The molecule has 32 heavy (non-hydrogen) atoms. The number of nitrogen functional groups attached to an aromatic ring is 1. The summed E-state index contributed by atoms with van der Waals surface area (Å²) in [6.07, 6.45) is 0.872. The van der Waals surface area contributed by atoms with Crippen LogP contribution in [0.4, 0.5) is 23.3 Å². The highest BCUT2D eigenvalue weighted by Crippen LogP contribution is 2.22. The molecular weight excluding hydrogens is 424 g/mol. The molecule has 8 nitrogen and oxygen atoms in total. The number of amides is 1. The molecule has 4 N–H and O–H groups in total. The number of aromatic nitrogens is 3. The summed E-state index contributed by atoms with van der Waals surface area (Å²) in [6.45, 7) is 5.39. The number of anilines is 4. The molecule has 1 aromatic heterocycles. The molecule has 3 aromatic rings. The number of thioether (sulfide) groups is 1. The predicted molar refractivity (Wildman–Crippen MR) is 129 cm³/mol. The molecule has 1 amide bonds. The first-order chi connectivity index (χ1) is 15.4. The second-order valence-corrected chi connectivity index (χ2v) is 8.47. The van der Waals surface area contributed by atoms with Crippen LogP contribution in [0.2, 0.25) is 0 Å². The average Bonchev–Trinajstić information content (AvgIpc) is 2.77. The van der Waals surface area contributed by atoms with E-state index in [1.165, 1.54) is 18.7 Å². The van der Waals surface area contributed by atoms with Crippen molar-refractivity contribution in [2.24, 2.45) is 0 Å². The number of carbonyl (C=O) groups is 2. The Hall–Kier alpha value is -3.46. The largest absolute Gasteiger partial charge is 0.368 e. The minimum absolute atomic E-state index is 0.0181. The number of para-hydroxylation sites is 1. The fourth-order valence-electron chi connectivity index (χ4n) is 2.94. The molecule has 0 fully saturated rings. The Labute approximate surface area is 191 Å². The Morgan fingerprint density at radius 1 is 1.06 bits per heavy atom. The van der Waals surface area contributed by atoms with Gasteiger partial charge in [-0.25, -0.2) is 0 Å². The van der Waals surface area contributed by atoms with Crippen LogP contribution in [0.25, 0.3) is 0 Å². The maximum Gasteiger partial charge on any atom is 0.237 e. The number of nitrogens with zero attached hydrogens (tertiary/aromatic N) is 3. The molecular formula is C23H26N6O2S. The lowest BCUT2D eigenvalue weighted by atomic mass is 10.1. The summed E-state index contributed by atoms with van der Waals surface area (Å²) in [4.78, 5) is 36.7. The molecule has 166 valence electrons. The lowest BCUT2D eigenvalue weighted by Crippen LogP contribution is -2.22. The van der Waals surface area contributed by atoms with Crippen molar-refractivity contribution in [1.29, 1.82) is 0 Å². The number of ketones is 1. The van der Waals surface area contributed by atoms with E-state index in [1.54, 1.807) is 24.3 Å². The molecule has 0 aliphatic carbocycles. The summed E-state index contributed by atoms with van der Waals surface area (Å²) >= 11 is 1.39. The molecule has 3 rings (SSSR count). The SMILES string of the molecule is CCc1ccccc1Nc1nc(N)nc(CSC(C)C(=O)Nc2ccc(C(C)=O)cc2)n1. The molecule has 0 bridgehead atoms. The van der Waals surface area contributed by atoms with Gasteiger partial charge in [0.15, 0.2) is 5.78 Å². The highest BCUT2D eigenvalue weighted by Gasteiger charge is 2.16. The summed E-state index contributed by atoms with van der Waals surface area (Å²) in [5.74, 6) is 1.21. The van der Waals surface area contributed by atoms with Crippen LogP contribution < -0.4 is 16.4 Å². The molecule has 0 saturated heterocycles. The van der Waals surface area contributed by atoms with E-state index < -0.39 is 0 Å². The van der Waals surface area contributed by atoms with Gasteiger partial charge >= 0.3 is 0 Å². The maximum absolute atomic E-state index is 12.5. The van der Waals surface area contributed by atoms with Crippen molar-refractivity contribution in [3.05, 3.63) is 65.5 Å². The lowest BCUT2D eigenvalue weighted by Gasteiger charge is -2.13. The van der Waals surface area contributed by atoms with Crippen LogP contribution in [0.1, 0.15) is 42.5 Å². The van der Waals surface area contributed by atoms with Gasteiger partial charge in [0.25, 0.3) is 0 Å². The Balaban J connectivity index is 1.60. The summed E-state index contributed by atoms with van der Waals surface area (Å²) < 4.78 is 0. The molecule has 0 saturated carbocycles. The van der Waals surface area contributed by atoms with Gasteiger partial charge in [-0.3, -0.25) is 9.59 Å². The maximum atomic E-state index is 12.5. The third kappa shape index (κ3) is 6.27. The normalized spacial score (nSPS) is 11.6. The predicted octanol–water partition coefficient (Wildman–Crippen LogP) is 4.22. The van der Waals surface area contributed by atoms with E-state index in [-0.39, 0.29) is 22.9 Å². The van der Waals surface area contributed by atoms with Crippen molar-refractivity contribution in [3.63, 3.8) is 0 Å². The first-order valence-corrected chi connectivity index (χ1v) is 11.3. The fourth-order valence-corrected chi connectivity index (χ4v) is 3.68. The van der Waals surface area contributed by atoms with E-state index in [0.29, 0.717) is 28.8 Å². The number of carbonyl (C=O) groups excluding carboxylic acids is 2. The molecule has 0 aliphatic rings. The number of nitrogens with two attached hydrogens (primary N) is 1. The van der Waals surface area contributed by atoms with Crippen molar-refractivity contribution in [2.45, 2.75) is 38.2 Å². The monoisotopic (exact) mass is 450 g/mol. The summed E-state index contributed by atoms with van der Waals surface area (Å²) in [5, 5.41) is 5.71. The van der Waals surface area contributed by atoms with E-state index in [1.807, 2.05) is 31.2 Å². The zero-order chi connectivity index (χ0) is 23.1. The third-order valence-corrected chi connectivity index (χ3v) is 5.87. The molecule has 1 heterocycles. The molecule has 9 heteroatoms. The number of rotatable bonds is 9. The fraction of sp³-hybridized carbons (Fsp3) is 0.261. The third-order valence-electron chi connectivity index (χ3n) is 4.73. The van der Waals surface area contributed by atoms with Crippen LogP contribution in [-0.4, -0.2) is 31.9 Å². The summed E-state index contributed by atoms with van der Waals surface area (Å²) in [7, 11) is 0. The van der Waals surface area contributed by atoms with Gasteiger partial charge < -0.3 is 16.4 Å². The standard InChI is InChI=1S/C23H26N6O2S/c1-4-16-7-5-6-8-19(16)26-23-28-20(27-22(24)29-23)13-32-15(3)21(31)25-18-11-9-17(10-12-18)14(2)30/h5-12,15H,4,13H2,1-3H3,(H,25,31)(H3,24,26,27,28,29). The molecule has 1 atom stereocenters. The summed E-state index contributed by atoms with van der Waals surface area (Å²) in [5.41, 5.74) is 9.17. The average molecular weight is 451 g/mol. The minimum atomic E-state index is -0.349. The molecule has 0 spiro atoms. The molecule has 1 unspecified atom stereocenters. The Bertz CT molecular complexity index is 1100. The van der Waals surface area contributed by atoms with E-state index >= 15 is 0 Å². The van der Waals surface area contributed by atoms with Crippen LogP contribution >= 0.6 is 11.8 Å². The molecule has 0 radical (unpaired) electrons. The van der Waals surface area contributed by atoms with Crippen molar-refractivity contribution < 1.29 is 9.59 Å². The van der Waals surface area contributed by atoms with Gasteiger partial charge in [-0.2, -0.15) is 15.0 Å². The second-order valence-electron chi connectivity index (χ2n) is 7.15. The Morgan fingerprint density at radius 2 is 1.78 bits per heavy atom. The van der Waals surface area contributed by atoms with Crippen molar-refractivity contribution in [3.8, 4) is 0 Å². The van der Waals surface area contributed by atoms with Crippen LogP contribution in [0.15, 0.2) is 48.5 Å². The highest BCUT2D eigenvalue weighted by molar-refractivity contribution is 7.99. The van der Waals surface area contributed by atoms with Gasteiger partial charge in [0.05, 0.1) is 11.0 Å². The van der Waals surface area contributed by atoms with E-state index in [9.17, 15) is 9.59 Å². The van der Waals surface area contributed by atoms with Gasteiger partial charge in [0, 0.05) is 16.9 Å². The van der Waals surface area contributed by atoms with Gasteiger partial charge in [0.1, 0.15) is 5.82 Å². The number of nitrogens with one attached hydrogen (secondary N) is 2. The minimum Gasteiger partial charge on any atom is -0.368 e. The van der Waals surface area contributed by atoms with Crippen LogP contribution in [0.5, 0.6) is 0 Å². The highest BCUT2D eigenvalue weighted by atomic mass is 32.2.